The van der Waals surface area contributed by atoms with E-state index in [1.165, 1.54) is 12.1 Å². The van der Waals surface area contributed by atoms with Crippen molar-refractivity contribution in [1.82, 2.24) is 4.90 Å². The van der Waals surface area contributed by atoms with Crippen LogP contribution in [0.4, 0.5) is 4.39 Å². The van der Waals surface area contributed by atoms with E-state index in [9.17, 15) is 14.3 Å². The lowest BCUT2D eigenvalue weighted by Crippen LogP contribution is -2.42. The summed E-state index contributed by atoms with van der Waals surface area (Å²) < 4.78 is 18.7. The van der Waals surface area contributed by atoms with Crippen molar-refractivity contribution in [2.75, 3.05) is 19.8 Å². The third kappa shape index (κ3) is 3.57. The summed E-state index contributed by atoms with van der Waals surface area (Å²) in [5.74, 6) is -1.92. The lowest BCUT2D eigenvalue weighted by atomic mass is 10.0. The molecule has 0 aromatic heterocycles. The van der Waals surface area contributed by atoms with Crippen molar-refractivity contribution in [3.63, 3.8) is 0 Å². The number of hydrogen-bond donors (Lipinski definition) is 1. The van der Waals surface area contributed by atoms with Gasteiger partial charge in [-0.2, -0.15) is 5.26 Å². The smallest absolute Gasteiger partial charge is 0.310 e. The minimum Gasteiger partial charge on any atom is -0.481 e. The molecule has 1 fully saturated rings. The van der Waals surface area contributed by atoms with E-state index in [-0.39, 0.29) is 18.2 Å². The van der Waals surface area contributed by atoms with Crippen LogP contribution in [0, 0.1) is 23.1 Å². The van der Waals surface area contributed by atoms with Crippen LogP contribution < -0.4 is 0 Å². The molecule has 112 valence electrons. The fourth-order valence-electron chi connectivity index (χ4n) is 2.64. The van der Waals surface area contributed by atoms with Crippen molar-refractivity contribution in [3.05, 3.63) is 35.1 Å². The predicted molar refractivity (Wildman–Crippen MR) is 72.9 cm³/mol. The van der Waals surface area contributed by atoms with Gasteiger partial charge in [0, 0.05) is 12.6 Å². The SMILES string of the molecule is CCN(Cc1cc(F)cc(C#N)c1)C1COCC1C(=O)O. The molecule has 1 aromatic rings. The molecule has 2 rings (SSSR count). The van der Waals surface area contributed by atoms with Crippen molar-refractivity contribution in [2.24, 2.45) is 5.92 Å². The molecule has 0 saturated carbocycles. The predicted octanol–water partition coefficient (Wildman–Crippen LogP) is 1.62. The highest BCUT2D eigenvalue weighted by Crippen LogP contribution is 2.22. The van der Waals surface area contributed by atoms with Crippen LogP contribution in [0.25, 0.3) is 0 Å². The van der Waals surface area contributed by atoms with E-state index in [0.717, 1.165) is 0 Å². The van der Waals surface area contributed by atoms with Gasteiger partial charge in [0.2, 0.25) is 0 Å². The molecule has 1 aliphatic heterocycles. The highest BCUT2D eigenvalue weighted by Gasteiger charge is 2.37. The van der Waals surface area contributed by atoms with Crippen LogP contribution in [0.15, 0.2) is 18.2 Å². The van der Waals surface area contributed by atoms with Gasteiger partial charge in [0.15, 0.2) is 0 Å². The third-order valence-corrected chi connectivity index (χ3v) is 3.72. The van der Waals surface area contributed by atoms with Gasteiger partial charge < -0.3 is 9.84 Å². The lowest BCUT2D eigenvalue weighted by Gasteiger charge is -2.29. The van der Waals surface area contributed by atoms with E-state index in [1.54, 1.807) is 6.07 Å². The normalized spacial score (nSPS) is 21.4. The Morgan fingerprint density at radius 1 is 1.52 bits per heavy atom. The summed E-state index contributed by atoms with van der Waals surface area (Å²) >= 11 is 0. The minimum absolute atomic E-state index is 0.198. The molecule has 5 nitrogen and oxygen atoms in total. The van der Waals surface area contributed by atoms with E-state index >= 15 is 0 Å². The number of halogens is 1. The summed E-state index contributed by atoms with van der Waals surface area (Å²) in [4.78, 5) is 13.2. The molecular weight excluding hydrogens is 275 g/mol. The maximum absolute atomic E-state index is 13.5. The maximum atomic E-state index is 13.5. The fraction of sp³-hybridized carbons (Fsp3) is 0.467. The lowest BCUT2D eigenvalue weighted by molar-refractivity contribution is -0.143. The molecule has 21 heavy (non-hydrogen) atoms. The molecule has 0 radical (unpaired) electrons. The Hall–Kier alpha value is -1.97. The molecule has 1 N–H and O–H groups in total. The zero-order chi connectivity index (χ0) is 15.4. The van der Waals surface area contributed by atoms with Gasteiger partial charge in [-0.1, -0.05) is 6.92 Å². The molecule has 2 atom stereocenters. The second kappa shape index (κ2) is 6.66. The van der Waals surface area contributed by atoms with Crippen LogP contribution in [0.2, 0.25) is 0 Å². The second-order valence-corrected chi connectivity index (χ2v) is 5.07. The largest absolute Gasteiger partial charge is 0.481 e. The van der Waals surface area contributed by atoms with Crippen molar-refractivity contribution in [3.8, 4) is 6.07 Å². The number of nitrogens with zero attached hydrogens (tertiary/aromatic N) is 2. The second-order valence-electron chi connectivity index (χ2n) is 5.07. The maximum Gasteiger partial charge on any atom is 0.310 e. The first-order chi connectivity index (χ1) is 10.0. The summed E-state index contributed by atoms with van der Waals surface area (Å²) in [7, 11) is 0. The molecule has 1 aromatic carbocycles. The highest BCUT2D eigenvalue weighted by molar-refractivity contribution is 5.71. The zero-order valence-corrected chi connectivity index (χ0v) is 11.8. The van der Waals surface area contributed by atoms with E-state index in [4.69, 9.17) is 10.00 Å². The molecule has 1 saturated heterocycles. The van der Waals surface area contributed by atoms with Gasteiger partial charge in [0.1, 0.15) is 5.82 Å². The van der Waals surface area contributed by atoms with Gasteiger partial charge in [-0.25, -0.2) is 4.39 Å². The summed E-state index contributed by atoms with van der Waals surface area (Å²) in [6.45, 7) is 3.48. The van der Waals surface area contributed by atoms with Crippen LogP contribution in [0.1, 0.15) is 18.1 Å². The number of carbonyl (C=O) groups is 1. The Balaban J connectivity index is 2.18. The molecule has 0 bridgehead atoms. The molecule has 0 amide bonds. The van der Waals surface area contributed by atoms with E-state index in [0.29, 0.717) is 25.3 Å². The third-order valence-electron chi connectivity index (χ3n) is 3.72. The number of carboxylic acid groups (broad SMARTS) is 1. The average molecular weight is 292 g/mol. The first-order valence-electron chi connectivity index (χ1n) is 6.79. The first kappa shape index (κ1) is 15.4. The summed E-state index contributed by atoms with van der Waals surface area (Å²) in [6.07, 6.45) is 0. The Morgan fingerprint density at radius 3 is 2.90 bits per heavy atom. The van der Waals surface area contributed by atoms with Crippen molar-refractivity contribution >= 4 is 5.97 Å². The zero-order valence-electron chi connectivity index (χ0n) is 11.8. The van der Waals surface area contributed by atoms with E-state index < -0.39 is 17.7 Å². The van der Waals surface area contributed by atoms with Gasteiger partial charge in [0.25, 0.3) is 0 Å². The number of benzene rings is 1. The number of carboxylic acids is 1. The number of rotatable bonds is 5. The molecule has 6 heteroatoms. The summed E-state index contributed by atoms with van der Waals surface area (Å²) in [6, 6.07) is 5.86. The fourth-order valence-corrected chi connectivity index (χ4v) is 2.64. The van der Waals surface area contributed by atoms with Crippen molar-refractivity contribution in [2.45, 2.75) is 19.5 Å². The number of nitriles is 1. The molecule has 0 aliphatic carbocycles. The van der Waals surface area contributed by atoms with Crippen molar-refractivity contribution in [1.29, 1.82) is 5.26 Å². The number of hydrogen-bond acceptors (Lipinski definition) is 4. The summed E-state index contributed by atoms with van der Waals surface area (Å²) in [5, 5.41) is 18.1. The quantitative estimate of drug-likeness (QED) is 0.892. The summed E-state index contributed by atoms with van der Waals surface area (Å²) in [5.41, 5.74) is 0.919. The van der Waals surface area contributed by atoms with Crippen LogP contribution in [-0.2, 0) is 16.1 Å². The van der Waals surface area contributed by atoms with Crippen LogP contribution in [0.5, 0.6) is 0 Å². The Morgan fingerprint density at radius 2 is 2.29 bits per heavy atom. The monoisotopic (exact) mass is 292 g/mol. The molecule has 0 spiro atoms. The van der Waals surface area contributed by atoms with Crippen LogP contribution >= 0.6 is 0 Å². The Kier molecular flexibility index (Phi) is 4.89. The first-order valence-corrected chi connectivity index (χ1v) is 6.79. The van der Waals surface area contributed by atoms with Crippen molar-refractivity contribution < 1.29 is 19.0 Å². The molecule has 2 unspecified atom stereocenters. The topological polar surface area (TPSA) is 73.6 Å². The average Bonchev–Trinajstić information content (AvgIpc) is 2.93. The molecule has 1 aliphatic rings. The van der Waals surface area contributed by atoms with E-state index in [2.05, 4.69) is 0 Å². The standard InChI is InChI=1S/C15H17FN2O3/c1-2-18(14-9-21-8-13(14)15(19)20)7-11-3-10(6-17)4-12(16)5-11/h3-5,13-14H,2,7-9H2,1H3,(H,19,20). The highest BCUT2D eigenvalue weighted by atomic mass is 19.1. The molecule has 1 heterocycles. The number of ether oxygens (including phenoxy) is 1. The van der Waals surface area contributed by atoms with Gasteiger partial charge in [-0.15, -0.1) is 0 Å². The van der Waals surface area contributed by atoms with Gasteiger partial charge >= 0.3 is 5.97 Å². The van der Waals surface area contributed by atoms with Crippen LogP contribution in [-0.4, -0.2) is 41.8 Å². The minimum atomic E-state index is -0.882. The van der Waals surface area contributed by atoms with Crippen LogP contribution in [0.3, 0.4) is 0 Å². The number of aliphatic carboxylic acids is 1. The number of likely N-dealkylation sites (N-methyl/N-ethyl adjacent to an activating group) is 1. The molecular formula is C15H17FN2O3. The Bertz CT molecular complexity index is 571. The Labute approximate surface area is 122 Å². The van der Waals surface area contributed by atoms with E-state index in [1.807, 2.05) is 17.9 Å². The van der Waals surface area contributed by atoms with Gasteiger partial charge in [0.05, 0.1) is 30.8 Å². The van der Waals surface area contributed by atoms with Gasteiger partial charge in [-0.05, 0) is 30.3 Å². The van der Waals surface area contributed by atoms with Gasteiger partial charge in [-0.3, -0.25) is 9.69 Å².